The van der Waals surface area contributed by atoms with Crippen molar-refractivity contribution in [1.29, 1.82) is 5.41 Å². The second-order valence-corrected chi connectivity index (χ2v) is 6.13. The van der Waals surface area contributed by atoms with Crippen molar-refractivity contribution in [2.24, 2.45) is 5.73 Å². The highest BCUT2D eigenvalue weighted by atomic mass is 32.2. The molecular formula is C14H17N5OS. The van der Waals surface area contributed by atoms with Gasteiger partial charge < -0.3 is 5.73 Å². The highest BCUT2D eigenvalue weighted by Gasteiger charge is 2.29. The predicted molar refractivity (Wildman–Crippen MR) is 82.9 cm³/mol. The summed E-state index contributed by atoms with van der Waals surface area (Å²) in [6, 6.07) is 10.0. The number of rotatable bonds is 6. The topological polar surface area (TPSA) is 101 Å². The van der Waals surface area contributed by atoms with Gasteiger partial charge in [0.05, 0.1) is 11.8 Å². The molecule has 110 valence electrons. The van der Waals surface area contributed by atoms with E-state index >= 15 is 0 Å². The molecule has 1 atom stereocenters. The zero-order valence-electron chi connectivity index (χ0n) is 11.5. The lowest BCUT2D eigenvalue weighted by molar-refractivity contribution is 0.642. The molecule has 3 rings (SSSR count). The molecule has 1 aliphatic rings. The molecule has 1 saturated carbocycles. The molecule has 4 N–H and O–H groups in total. The van der Waals surface area contributed by atoms with Gasteiger partial charge in [-0.1, -0.05) is 42.1 Å². The lowest BCUT2D eigenvalue weighted by atomic mass is 10.0. The van der Waals surface area contributed by atoms with Gasteiger partial charge in [0, 0.05) is 11.8 Å². The number of aromatic nitrogens is 3. The van der Waals surface area contributed by atoms with E-state index in [1.165, 1.54) is 11.8 Å². The number of nitrogens with zero attached hydrogens (tertiary/aromatic N) is 2. The number of benzene rings is 1. The van der Waals surface area contributed by atoms with Crippen LogP contribution in [-0.4, -0.2) is 26.4 Å². The molecule has 6 nitrogen and oxygen atoms in total. The maximum Gasteiger partial charge on any atom is 0.344 e. The third kappa shape index (κ3) is 3.02. The molecule has 21 heavy (non-hydrogen) atoms. The monoisotopic (exact) mass is 303 g/mol. The molecule has 1 fully saturated rings. The van der Waals surface area contributed by atoms with Gasteiger partial charge in [0.25, 0.3) is 0 Å². The van der Waals surface area contributed by atoms with Gasteiger partial charge in [-0.2, -0.15) is 0 Å². The van der Waals surface area contributed by atoms with E-state index in [1.807, 2.05) is 30.3 Å². The molecule has 0 saturated heterocycles. The van der Waals surface area contributed by atoms with Crippen LogP contribution in [0, 0.1) is 5.41 Å². The lowest BCUT2D eigenvalue weighted by Gasteiger charge is -2.15. The Hall–Kier alpha value is -2.02. The Kier molecular flexibility index (Phi) is 3.83. The van der Waals surface area contributed by atoms with E-state index in [0.717, 1.165) is 18.4 Å². The standard InChI is InChI=1S/C14H17N5OS/c15-12(16)11(9-4-2-1-3-5-9)8-21-14-18-17-13(20)19(14)10-6-7-10/h1-5,10-11H,6-8H2,(H3,15,16)(H,17,20). The summed E-state index contributed by atoms with van der Waals surface area (Å²) < 4.78 is 1.72. The van der Waals surface area contributed by atoms with Crippen LogP contribution in [0.3, 0.4) is 0 Å². The number of hydrogen-bond donors (Lipinski definition) is 3. The first-order chi connectivity index (χ1) is 10.2. The van der Waals surface area contributed by atoms with Crippen molar-refractivity contribution < 1.29 is 0 Å². The molecule has 1 heterocycles. The van der Waals surface area contributed by atoms with Crippen LogP contribution in [0.4, 0.5) is 0 Å². The first kappa shape index (κ1) is 13.9. The van der Waals surface area contributed by atoms with Crippen LogP contribution in [0.5, 0.6) is 0 Å². The molecule has 2 aromatic rings. The van der Waals surface area contributed by atoms with Crippen LogP contribution >= 0.6 is 11.8 Å². The Morgan fingerprint density at radius 3 is 2.81 bits per heavy atom. The van der Waals surface area contributed by atoms with Crippen molar-refractivity contribution in [3.05, 3.63) is 46.4 Å². The van der Waals surface area contributed by atoms with Crippen molar-refractivity contribution in [2.75, 3.05) is 5.75 Å². The fourth-order valence-corrected chi connectivity index (χ4v) is 3.42. The number of thioether (sulfide) groups is 1. The van der Waals surface area contributed by atoms with Crippen LogP contribution < -0.4 is 11.4 Å². The van der Waals surface area contributed by atoms with Crippen molar-refractivity contribution in [3.63, 3.8) is 0 Å². The van der Waals surface area contributed by atoms with E-state index in [9.17, 15) is 4.79 Å². The van der Waals surface area contributed by atoms with Gasteiger partial charge in [0.15, 0.2) is 5.16 Å². The number of H-pyrrole nitrogens is 1. The van der Waals surface area contributed by atoms with Crippen molar-refractivity contribution in [1.82, 2.24) is 14.8 Å². The van der Waals surface area contributed by atoms with Crippen molar-refractivity contribution >= 4 is 17.6 Å². The second-order valence-electron chi connectivity index (χ2n) is 5.14. The summed E-state index contributed by atoms with van der Waals surface area (Å²) in [4.78, 5) is 11.7. The highest BCUT2D eigenvalue weighted by Crippen LogP contribution is 2.36. The van der Waals surface area contributed by atoms with E-state index < -0.39 is 0 Å². The predicted octanol–water partition coefficient (Wildman–Crippen LogP) is 1.72. The smallest absolute Gasteiger partial charge is 0.344 e. The lowest BCUT2D eigenvalue weighted by Crippen LogP contribution is -2.23. The molecule has 1 aromatic heterocycles. The Balaban J connectivity index is 1.76. The average Bonchev–Trinajstić information content (AvgIpc) is 3.24. The van der Waals surface area contributed by atoms with Gasteiger partial charge >= 0.3 is 5.69 Å². The Labute approximate surface area is 126 Å². The molecule has 0 bridgehead atoms. The van der Waals surface area contributed by atoms with Gasteiger partial charge in [0.2, 0.25) is 0 Å². The molecule has 7 heteroatoms. The van der Waals surface area contributed by atoms with E-state index in [1.54, 1.807) is 4.57 Å². The number of nitrogens with one attached hydrogen (secondary N) is 2. The molecule has 0 spiro atoms. The summed E-state index contributed by atoms with van der Waals surface area (Å²) in [6.45, 7) is 0. The first-order valence-corrected chi connectivity index (χ1v) is 7.84. The van der Waals surface area contributed by atoms with Gasteiger partial charge in [-0.15, -0.1) is 5.10 Å². The van der Waals surface area contributed by atoms with E-state index in [4.69, 9.17) is 11.1 Å². The number of amidine groups is 1. The van der Waals surface area contributed by atoms with Crippen LogP contribution in [0.2, 0.25) is 0 Å². The highest BCUT2D eigenvalue weighted by molar-refractivity contribution is 7.99. The molecule has 1 aromatic carbocycles. The SMILES string of the molecule is N=C(N)C(CSc1n[nH]c(=O)n1C1CC1)c1ccccc1. The largest absolute Gasteiger partial charge is 0.387 e. The van der Waals surface area contributed by atoms with Crippen molar-refractivity contribution in [3.8, 4) is 0 Å². The van der Waals surface area contributed by atoms with Gasteiger partial charge in [-0.05, 0) is 18.4 Å². The fourth-order valence-electron chi connectivity index (χ4n) is 2.26. The first-order valence-electron chi connectivity index (χ1n) is 6.85. The number of nitrogens with two attached hydrogens (primary N) is 1. The molecule has 1 aliphatic carbocycles. The quantitative estimate of drug-likeness (QED) is 0.429. The van der Waals surface area contributed by atoms with E-state index in [0.29, 0.717) is 10.9 Å². The van der Waals surface area contributed by atoms with Gasteiger partial charge in [-0.3, -0.25) is 9.98 Å². The minimum Gasteiger partial charge on any atom is -0.387 e. The van der Waals surface area contributed by atoms with E-state index in [-0.39, 0.29) is 23.5 Å². The number of aromatic amines is 1. The Morgan fingerprint density at radius 2 is 2.19 bits per heavy atom. The molecule has 0 aliphatic heterocycles. The van der Waals surface area contributed by atoms with Crippen LogP contribution in [0.25, 0.3) is 0 Å². The minimum absolute atomic E-state index is 0.129. The fraction of sp³-hybridized carbons (Fsp3) is 0.357. The summed E-state index contributed by atoms with van der Waals surface area (Å²) in [5.74, 6) is 0.552. The maximum atomic E-state index is 11.7. The van der Waals surface area contributed by atoms with Crippen LogP contribution in [0.1, 0.15) is 30.4 Å². The third-order valence-corrected chi connectivity index (χ3v) is 4.59. The zero-order valence-corrected chi connectivity index (χ0v) is 12.3. The van der Waals surface area contributed by atoms with Gasteiger partial charge in [-0.25, -0.2) is 9.89 Å². The second kappa shape index (κ2) is 5.77. The van der Waals surface area contributed by atoms with Crippen LogP contribution in [-0.2, 0) is 0 Å². The summed E-state index contributed by atoms with van der Waals surface area (Å²) in [5, 5.41) is 15.0. The molecule has 0 radical (unpaired) electrons. The molecule has 0 amide bonds. The average molecular weight is 303 g/mol. The summed E-state index contributed by atoms with van der Waals surface area (Å²) >= 11 is 1.47. The Morgan fingerprint density at radius 1 is 1.48 bits per heavy atom. The zero-order chi connectivity index (χ0) is 14.8. The van der Waals surface area contributed by atoms with Crippen LogP contribution in [0.15, 0.2) is 40.3 Å². The maximum absolute atomic E-state index is 11.7. The third-order valence-electron chi connectivity index (χ3n) is 3.54. The van der Waals surface area contributed by atoms with E-state index in [2.05, 4.69) is 10.2 Å². The Bertz CT molecular complexity index is 689. The summed E-state index contributed by atoms with van der Waals surface area (Å²) in [6.07, 6.45) is 2.06. The van der Waals surface area contributed by atoms with Gasteiger partial charge in [0.1, 0.15) is 0 Å². The molecule has 1 unspecified atom stereocenters. The summed E-state index contributed by atoms with van der Waals surface area (Å²) in [7, 11) is 0. The normalized spacial score (nSPS) is 15.8. The summed E-state index contributed by atoms with van der Waals surface area (Å²) in [5.41, 5.74) is 6.58. The van der Waals surface area contributed by atoms with Crippen molar-refractivity contribution in [2.45, 2.75) is 30.0 Å². The molecular weight excluding hydrogens is 286 g/mol. The minimum atomic E-state index is -0.171. The number of hydrogen-bond acceptors (Lipinski definition) is 4.